The first-order chi connectivity index (χ1) is 8.60. The summed E-state index contributed by atoms with van der Waals surface area (Å²) in [4.78, 5) is 11.1. The number of carbonyl (C=O) groups excluding carboxylic acids is 1. The summed E-state index contributed by atoms with van der Waals surface area (Å²) in [5.41, 5.74) is 0.579. The molecule has 1 amide bonds. The van der Waals surface area contributed by atoms with Crippen molar-refractivity contribution in [2.75, 3.05) is 13.7 Å². The average molecular weight is 252 g/mol. The van der Waals surface area contributed by atoms with Crippen molar-refractivity contribution in [1.29, 1.82) is 0 Å². The van der Waals surface area contributed by atoms with E-state index in [0.29, 0.717) is 24.3 Å². The van der Waals surface area contributed by atoms with E-state index in [1.54, 1.807) is 12.1 Å². The smallest absolute Gasteiger partial charge is 0.221 e. The molecule has 0 aliphatic carbocycles. The molecule has 2 atom stereocenters. The van der Waals surface area contributed by atoms with Crippen LogP contribution in [0.2, 0.25) is 0 Å². The van der Waals surface area contributed by atoms with Gasteiger partial charge in [0, 0.05) is 36.7 Å². The third kappa shape index (κ3) is 2.79. The van der Waals surface area contributed by atoms with E-state index < -0.39 is 0 Å². The van der Waals surface area contributed by atoms with Crippen molar-refractivity contribution in [3.8, 4) is 5.75 Å². The number of ether oxygens (including phenoxy) is 1. The van der Waals surface area contributed by atoms with E-state index >= 15 is 0 Å². The first kappa shape index (κ1) is 12.8. The highest BCUT2D eigenvalue weighted by molar-refractivity contribution is 5.78. The third-order valence-electron chi connectivity index (χ3n) is 3.14. The van der Waals surface area contributed by atoms with E-state index in [1.807, 2.05) is 6.92 Å². The standard InChI is InChI=1S/C13H17FN2O2/c1-8(16-9-5-13(17)15-7-9)11-4-3-10(18-2)6-12(11)14/h3-4,6,8-9,16H,5,7H2,1-2H3,(H,15,17). The molecule has 1 aliphatic rings. The maximum atomic E-state index is 13.8. The Morgan fingerprint density at radius 2 is 2.33 bits per heavy atom. The third-order valence-corrected chi connectivity index (χ3v) is 3.14. The van der Waals surface area contributed by atoms with Gasteiger partial charge in [-0.15, -0.1) is 0 Å². The van der Waals surface area contributed by atoms with Crippen LogP contribution in [0.4, 0.5) is 4.39 Å². The Balaban J connectivity index is 2.04. The fourth-order valence-corrected chi connectivity index (χ4v) is 2.15. The molecular formula is C13H17FN2O2. The Bertz CT molecular complexity index is 451. The molecule has 18 heavy (non-hydrogen) atoms. The molecule has 1 saturated heterocycles. The van der Waals surface area contributed by atoms with Crippen LogP contribution in [0.15, 0.2) is 18.2 Å². The molecule has 0 aromatic heterocycles. The van der Waals surface area contributed by atoms with E-state index in [0.717, 1.165) is 0 Å². The number of benzene rings is 1. The van der Waals surface area contributed by atoms with Crippen molar-refractivity contribution in [3.63, 3.8) is 0 Å². The molecule has 2 rings (SSSR count). The number of nitrogens with one attached hydrogen (secondary N) is 2. The molecule has 98 valence electrons. The number of hydrogen-bond acceptors (Lipinski definition) is 3. The lowest BCUT2D eigenvalue weighted by Crippen LogP contribution is -2.33. The Labute approximate surface area is 106 Å². The van der Waals surface area contributed by atoms with E-state index in [2.05, 4.69) is 10.6 Å². The highest BCUT2D eigenvalue weighted by Crippen LogP contribution is 2.22. The normalized spacial score (nSPS) is 20.6. The van der Waals surface area contributed by atoms with Crippen molar-refractivity contribution in [1.82, 2.24) is 10.6 Å². The predicted molar refractivity (Wildman–Crippen MR) is 65.9 cm³/mol. The van der Waals surface area contributed by atoms with Crippen LogP contribution < -0.4 is 15.4 Å². The van der Waals surface area contributed by atoms with Crippen LogP contribution in [0, 0.1) is 5.82 Å². The van der Waals surface area contributed by atoms with Gasteiger partial charge in [-0.05, 0) is 13.0 Å². The van der Waals surface area contributed by atoms with Gasteiger partial charge in [0.15, 0.2) is 0 Å². The molecule has 5 heteroatoms. The van der Waals surface area contributed by atoms with Gasteiger partial charge in [0.2, 0.25) is 5.91 Å². The van der Waals surface area contributed by atoms with Crippen molar-refractivity contribution < 1.29 is 13.9 Å². The SMILES string of the molecule is COc1ccc(C(C)NC2CNC(=O)C2)c(F)c1. The van der Waals surface area contributed by atoms with E-state index in [1.165, 1.54) is 13.2 Å². The highest BCUT2D eigenvalue weighted by atomic mass is 19.1. The number of halogens is 1. The zero-order valence-electron chi connectivity index (χ0n) is 10.5. The molecule has 0 bridgehead atoms. The van der Waals surface area contributed by atoms with Crippen LogP contribution in [0.5, 0.6) is 5.75 Å². The van der Waals surface area contributed by atoms with Gasteiger partial charge in [-0.25, -0.2) is 4.39 Å². The lowest BCUT2D eigenvalue weighted by molar-refractivity contribution is -0.119. The van der Waals surface area contributed by atoms with Crippen LogP contribution in [-0.2, 0) is 4.79 Å². The number of hydrogen-bond donors (Lipinski definition) is 2. The average Bonchev–Trinajstić information content (AvgIpc) is 2.74. The summed E-state index contributed by atoms with van der Waals surface area (Å²) < 4.78 is 18.8. The van der Waals surface area contributed by atoms with Gasteiger partial charge in [-0.3, -0.25) is 4.79 Å². The summed E-state index contributed by atoms with van der Waals surface area (Å²) in [6, 6.07) is 4.72. The zero-order valence-corrected chi connectivity index (χ0v) is 10.5. The van der Waals surface area contributed by atoms with Gasteiger partial charge in [0.25, 0.3) is 0 Å². The molecule has 2 unspecified atom stereocenters. The second-order valence-corrected chi connectivity index (χ2v) is 4.48. The van der Waals surface area contributed by atoms with Crippen LogP contribution in [0.1, 0.15) is 24.9 Å². The minimum absolute atomic E-state index is 0.0369. The summed E-state index contributed by atoms with van der Waals surface area (Å²) in [5.74, 6) is 0.239. The van der Waals surface area contributed by atoms with Crippen LogP contribution in [0.3, 0.4) is 0 Å². The summed E-state index contributed by atoms with van der Waals surface area (Å²) in [6.45, 7) is 2.48. The molecule has 4 nitrogen and oxygen atoms in total. The van der Waals surface area contributed by atoms with Gasteiger partial charge >= 0.3 is 0 Å². The predicted octanol–water partition coefficient (Wildman–Crippen LogP) is 1.37. The molecule has 2 N–H and O–H groups in total. The molecule has 1 aromatic carbocycles. The molecular weight excluding hydrogens is 235 g/mol. The van der Waals surface area contributed by atoms with Crippen LogP contribution in [0.25, 0.3) is 0 Å². The minimum atomic E-state index is -0.299. The van der Waals surface area contributed by atoms with Gasteiger partial charge in [0.1, 0.15) is 11.6 Å². The van der Waals surface area contributed by atoms with E-state index in [9.17, 15) is 9.18 Å². The second-order valence-electron chi connectivity index (χ2n) is 4.48. The summed E-state index contributed by atoms with van der Waals surface area (Å²) >= 11 is 0. The molecule has 0 spiro atoms. The number of amides is 1. The Kier molecular flexibility index (Phi) is 3.81. The fraction of sp³-hybridized carbons (Fsp3) is 0.462. The van der Waals surface area contributed by atoms with Crippen molar-refractivity contribution in [2.24, 2.45) is 0 Å². The first-order valence-electron chi connectivity index (χ1n) is 5.96. The van der Waals surface area contributed by atoms with E-state index in [-0.39, 0.29) is 23.8 Å². The number of carbonyl (C=O) groups is 1. The fourth-order valence-electron chi connectivity index (χ4n) is 2.15. The Morgan fingerprint density at radius 1 is 1.56 bits per heavy atom. The first-order valence-corrected chi connectivity index (χ1v) is 5.96. The van der Waals surface area contributed by atoms with Gasteiger partial charge < -0.3 is 15.4 Å². The lowest BCUT2D eigenvalue weighted by Gasteiger charge is -2.19. The van der Waals surface area contributed by atoms with Crippen molar-refractivity contribution >= 4 is 5.91 Å². The van der Waals surface area contributed by atoms with E-state index in [4.69, 9.17) is 4.74 Å². The second kappa shape index (κ2) is 5.35. The molecule has 1 fully saturated rings. The van der Waals surface area contributed by atoms with Crippen molar-refractivity contribution in [3.05, 3.63) is 29.6 Å². The molecule has 1 heterocycles. The summed E-state index contributed by atoms with van der Waals surface area (Å²) in [6.07, 6.45) is 0.447. The lowest BCUT2D eigenvalue weighted by atomic mass is 10.1. The molecule has 0 saturated carbocycles. The number of rotatable bonds is 4. The van der Waals surface area contributed by atoms with Crippen molar-refractivity contribution in [2.45, 2.75) is 25.4 Å². The zero-order chi connectivity index (χ0) is 13.1. The van der Waals surface area contributed by atoms with Gasteiger partial charge in [-0.1, -0.05) is 6.07 Å². The number of methoxy groups -OCH3 is 1. The maximum absolute atomic E-state index is 13.8. The maximum Gasteiger partial charge on any atom is 0.221 e. The largest absolute Gasteiger partial charge is 0.497 e. The quantitative estimate of drug-likeness (QED) is 0.851. The highest BCUT2D eigenvalue weighted by Gasteiger charge is 2.23. The topological polar surface area (TPSA) is 50.4 Å². The van der Waals surface area contributed by atoms with Crippen LogP contribution in [-0.4, -0.2) is 25.6 Å². The Hall–Kier alpha value is -1.62. The van der Waals surface area contributed by atoms with Gasteiger partial charge in [0.05, 0.1) is 7.11 Å². The minimum Gasteiger partial charge on any atom is -0.497 e. The monoisotopic (exact) mass is 252 g/mol. The Morgan fingerprint density at radius 3 is 2.89 bits per heavy atom. The van der Waals surface area contributed by atoms with Gasteiger partial charge in [-0.2, -0.15) is 0 Å². The summed E-state index contributed by atoms with van der Waals surface area (Å²) in [7, 11) is 1.51. The van der Waals surface area contributed by atoms with Crippen LogP contribution >= 0.6 is 0 Å². The molecule has 0 radical (unpaired) electrons. The summed E-state index contributed by atoms with van der Waals surface area (Å²) in [5, 5.41) is 5.98. The molecule has 1 aromatic rings. The molecule has 1 aliphatic heterocycles.